The van der Waals surface area contributed by atoms with Crippen molar-refractivity contribution in [2.24, 2.45) is 0 Å². The van der Waals surface area contributed by atoms with E-state index < -0.39 is 27.2 Å². The Morgan fingerprint density at radius 2 is 1.69 bits per heavy atom. The average molecular weight is 506 g/mol. The Labute approximate surface area is 205 Å². The highest BCUT2D eigenvalue weighted by Gasteiger charge is 2.32. The maximum Gasteiger partial charge on any atom is 0.239 e. The van der Waals surface area contributed by atoms with Crippen molar-refractivity contribution in [3.63, 3.8) is 0 Å². The molecule has 0 aliphatic rings. The fourth-order valence-corrected chi connectivity index (χ4v) is 4.69. The Morgan fingerprint density at radius 3 is 2.29 bits per heavy atom. The summed E-state index contributed by atoms with van der Waals surface area (Å²) in [7, 11) is 0.685. The van der Waals surface area contributed by atoms with Crippen LogP contribution in [0.3, 0.4) is 0 Å². The number of aryl methyl sites for hydroxylation is 1. The molecule has 190 valence electrons. The summed E-state index contributed by atoms with van der Waals surface area (Å²) >= 11 is 0. The van der Waals surface area contributed by atoms with Gasteiger partial charge in [0.25, 0.3) is 0 Å². The molecule has 3 aromatic heterocycles. The number of anilines is 1. The van der Waals surface area contributed by atoms with E-state index in [9.17, 15) is 8.42 Å². The lowest BCUT2D eigenvalue weighted by molar-refractivity contribution is 0.0908. The monoisotopic (exact) mass is 505 g/mol. The van der Waals surface area contributed by atoms with E-state index in [2.05, 4.69) is 29.9 Å². The topological polar surface area (TPSA) is 143 Å². The number of pyridine rings is 1. The number of aromatic nitrogens is 6. The van der Waals surface area contributed by atoms with E-state index in [1.807, 2.05) is 6.92 Å². The molecule has 0 aliphatic carbocycles. The highest BCUT2D eigenvalue weighted by atomic mass is 32.2. The minimum atomic E-state index is -3.92. The Kier molecular flexibility index (Phi) is 8.70. The smallest absolute Gasteiger partial charge is 0.239 e. The van der Waals surface area contributed by atoms with Crippen molar-refractivity contribution in [1.29, 1.82) is 0 Å². The van der Waals surface area contributed by atoms with Crippen molar-refractivity contribution in [2.75, 3.05) is 39.3 Å². The van der Waals surface area contributed by atoms with Gasteiger partial charge in [-0.1, -0.05) is 13.0 Å². The Morgan fingerprint density at radius 1 is 1.03 bits per heavy atom. The van der Waals surface area contributed by atoms with Gasteiger partial charge in [0, 0.05) is 38.6 Å². The summed E-state index contributed by atoms with van der Waals surface area (Å²) < 4.78 is 46.9. The van der Waals surface area contributed by atoms with E-state index in [4.69, 9.17) is 14.2 Å². The highest BCUT2D eigenvalue weighted by Crippen LogP contribution is 2.28. The van der Waals surface area contributed by atoms with E-state index >= 15 is 0 Å². The predicted molar refractivity (Wildman–Crippen MR) is 130 cm³/mol. The minimum Gasteiger partial charge on any atom is -0.481 e. The zero-order valence-electron chi connectivity index (χ0n) is 20.7. The summed E-state index contributed by atoms with van der Waals surface area (Å²) in [6.07, 6.45) is 3.32. The molecular formula is C22H31N7O5S. The van der Waals surface area contributed by atoms with Gasteiger partial charge in [0.1, 0.15) is 11.5 Å². The lowest BCUT2D eigenvalue weighted by Crippen LogP contribution is -2.32. The molecule has 1 N–H and O–H groups in total. The number of methoxy groups -OCH3 is 3. The van der Waals surface area contributed by atoms with E-state index in [0.717, 1.165) is 5.56 Å². The van der Waals surface area contributed by atoms with Crippen LogP contribution in [0.15, 0.2) is 30.6 Å². The third-order valence-corrected chi connectivity index (χ3v) is 7.43. The number of ether oxygens (including phenoxy) is 3. The summed E-state index contributed by atoms with van der Waals surface area (Å²) in [5.41, 5.74) is 1.35. The van der Waals surface area contributed by atoms with E-state index in [-0.39, 0.29) is 19.2 Å². The van der Waals surface area contributed by atoms with Crippen LogP contribution in [0, 0.1) is 6.92 Å². The Balaban J connectivity index is 2.01. The normalized spacial score (nSPS) is 13.6. The molecule has 35 heavy (non-hydrogen) atoms. The molecule has 12 nitrogen and oxygen atoms in total. The van der Waals surface area contributed by atoms with Crippen molar-refractivity contribution < 1.29 is 22.6 Å². The zero-order chi connectivity index (χ0) is 25.6. The third-order valence-electron chi connectivity index (χ3n) is 5.58. The third kappa shape index (κ3) is 6.10. The van der Waals surface area contributed by atoms with Gasteiger partial charge >= 0.3 is 0 Å². The molecule has 2 atom stereocenters. The SMILES string of the molecule is COCC(COC)n1c(NS(=O)(=O)C(C)C(C)c2ncc(C)cn2)nnc1-c1cccc(OC)n1. The maximum atomic E-state index is 13.4. The van der Waals surface area contributed by atoms with E-state index in [1.165, 1.54) is 7.11 Å². The molecule has 2 unspecified atom stereocenters. The summed E-state index contributed by atoms with van der Waals surface area (Å²) in [5.74, 6) is 0.705. The van der Waals surface area contributed by atoms with Crippen molar-refractivity contribution in [1.82, 2.24) is 29.7 Å². The number of rotatable bonds is 12. The van der Waals surface area contributed by atoms with Crippen molar-refractivity contribution in [3.8, 4) is 17.4 Å². The number of nitrogens with zero attached hydrogens (tertiary/aromatic N) is 6. The summed E-state index contributed by atoms with van der Waals surface area (Å²) in [6, 6.07) is 4.76. The number of hydrogen-bond acceptors (Lipinski definition) is 10. The molecule has 0 saturated heterocycles. The van der Waals surface area contributed by atoms with Crippen LogP contribution in [0.1, 0.15) is 37.2 Å². The van der Waals surface area contributed by atoms with Gasteiger partial charge in [0.2, 0.25) is 21.9 Å². The predicted octanol–water partition coefficient (Wildman–Crippen LogP) is 2.21. The second kappa shape index (κ2) is 11.5. The van der Waals surface area contributed by atoms with Crippen LogP contribution in [0.4, 0.5) is 5.95 Å². The van der Waals surface area contributed by atoms with Crippen LogP contribution in [0.5, 0.6) is 5.88 Å². The maximum absolute atomic E-state index is 13.4. The molecule has 0 aromatic carbocycles. The van der Waals surface area contributed by atoms with Gasteiger partial charge in [-0.3, -0.25) is 9.29 Å². The van der Waals surface area contributed by atoms with Gasteiger partial charge in [-0.25, -0.2) is 23.4 Å². The number of nitrogens with one attached hydrogen (secondary N) is 1. The standard InChI is InChI=1S/C22H31N7O5S/c1-14-10-23-20(24-11-14)15(2)16(3)35(30,31)28-22-27-26-21(18-8-7-9-19(25-18)34-6)29(22)17(12-32-4)13-33-5/h7-11,15-17H,12-13H2,1-6H3,(H,27,28). The first-order valence-corrected chi connectivity index (χ1v) is 12.5. The Hall–Kier alpha value is -3.16. The van der Waals surface area contributed by atoms with Crippen LogP contribution < -0.4 is 9.46 Å². The molecule has 0 bridgehead atoms. The molecular weight excluding hydrogens is 474 g/mol. The van der Waals surface area contributed by atoms with Gasteiger partial charge in [-0.05, 0) is 25.5 Å². The highest BCUT2D eigenvalue weighted by molar-refractivity contribution is 7.93. The van der Waals surface area contributed by atoms with Crippen LogP contribution in [-0.2, 0) is 19.5 Å². The van der Waals surface area contributed by atoms with Gasteiger partial charge in [0.15, 0.2) is 5.82 Å². The van der Waals surface area contributed by atoms with E-state index in [0.29, 0.717) is 23.2 Å². The van der Waals surface area contributed by atoms with Gasteiger partial charge in [-0.2, -0.15) is 0 Å². The van der Waals surface area contributed by atoms with Gasteiger partial charge in [-0.15, -0.1) is 10.2 Å². The first-order chi connectivity index (χ1) is 16.7. The molecule has 3 rings (SSSR count). The van der Waals surface area contributed by atoms with Crippen molar-refractivity contribution >= 4 is 16.0 Å². The quantitative estimate of drug-likeness (QED) is 0.389. The lowest BCUT2D eigenvalue weighted by Gasteiger charge is -2.23. The molecule has 0 amide bonds. The van der Waals surface area contributed by atoms with Crippen LogP contribution in [0.2, 0.25) is 0 Å². The fourth-order valence-electron chi connectivity index (χ4n) is 3.45. The molecule has 13 heteroatoms. The van der Waals surface area contributed by atoms with Crippen molar-refractivity contribution in [2.45, 2.75) is 38.0 Å². The fraction of sp³-hybridized carbons (Fsp3) is 0.500. The Bertz CT molecular complexity index is 1210. The second-order valence-electron chi connectivity index (χ2n) is 8.11. The molecule has 0 aliphatic heterocycles. The summed E-state index contributed by atoms with van der Waals surface area (Å²) in [5, 5.41) is 7.52. The molecule has 0 radical (unpaired) electrons. The van der Waals surface area contributed by atoms with Crippen LogP contribution in [0.25, 0.3) is 11.5 Å². The lowest BCUT2D eigenvalue weighted by atomic mass is 10.1. The van der Waals surface area contributed by atoms with Gasteiger partial charge < -0.3 is 14.2 Å². The van der Waals surface area contributed by atoms with Crippen molar-refractivity contribution in [3.05, 3.63) is 42.0 Å². The minimum absolute atomic E-state index is 0.0209. The molecule has 3 heterocycles. The summed E-state index contributed by atoms with van der Waals surface area (Å²) in [6.45, 7) is 5.68. The first-order valence-electron chi connectivity index (χ1n) is 11.0. The molecule has 0 fully saturated rings. The second-order valence-corrected chi connectivity index (χ2v) is 10.1. The average Bonchev–Trinajstić information content (AvgIpc) is 3.26. The van der Waals surface area contributed by atoms with Crippen LogP contribution >= 0.6 is 0 Å². The summed E-state index contributed by atoms with van der Waals surface area (Å²) in [4.78, 5) is 13.0. The first kappa shape index (κ1) is 26.4. The van der Waals surface area contributed by atoms with Crippen LogP contribution in [-0.4, -0.2) is 77.9 Å². The number of sulfonamides is 1. The zero-order valence-corrected chi connectivity index (χ0v) is 21.5. The number of hydrogen-bond donors (Lipinski definition) is 1. The molecule has 3 aromatic rings. The van der Waals surface area contributed by atoms with Gasteiger partial charge in [0.05, 0.1) is 31.6 Å². The molecule has 0 saturated carbocycles. The van der Waals surface area contributed by atoms with E-state index in [1.54, 1.807) is 63.2 Å². The molecule has 0 spiro atoms. The largest absolute Gasteiger partial charge is 0.481 e.